The highest BCUT2D eigenvalue weighted by Crippen LogP contribution is 2.17. The molecule has 0 aliphatic rings. The molecule has 0 aliphatic heterocycles. The molecule has 0 saturated carbocycles. The minimum absolute atomic E-state index is 0.213. The maximum absolute atomic E-state index is 8.84. The lowest BCUT2D eigenvalue weighted by atomic mass is 10.1. The predicted molar refractivity (Wildman–Crippen MR) is 57.6 cm³/mol. The summed E-state index contributed by atoms with van der Waals surface area (Å²) in [5, 5.41) is 9.43. The fourth-order valence-electron chi connectivity index (χ4n) is 1.03. The largest absolute Gasteiger partial charge is 0.478 e. The highest BCUT2D eigenvalue weighted by molar-refractivity contribution is 9.09. The minimum atomic E-state index is -0.213. The first kappa shape index (κ1) is 11.0. The van der Waals surface area contributed by atoms with Crippen LogP contribution in [0.3, 0.4) is 0 Å². The van der Waals surface area contributed by atoms with E-state index in [9.17, 15) is 0 Å². The van der Waals surface area contributed by atoms with Crippen LogP contribution in [-0.2, 0) is 0 Å². The van der Waals surface area contributed by atoms with Crippen LogP contribution in [0.2, 0.25) is 0 Å². The number of alkyl halides is 1. The summed E-state index contributed by atoms with van der Waals surface area (Å²) in [5.41, 5.74) is 0.746. The molecule has 0 spiro atoms. The Bertz CT molecular complexity index is 335. The average Bonchev–Trinajstić information content (AvgIpc) is 2.21. The van der Waals surface area contributed by atoms with Gasteiger partial charge in [0.1, 0.15) is 0 Å². The standard InChI is InChI=1S/C10H11BrN2O/c1-2-14-10-5-3-4-9(13-10)8(6-11)7-12/h3-5,8H,2,6H2,1H3. The SMILES string of the molecule is CCOc1cccc(C(C#N)CBr)n1. The first-order valence-electron chi connectivity index (χ1n) is 4.37. The van der Waals surface area contributed by atoms with E-state index < -0.39 is 0 Å². The summed E-state index contributed by atoms with van der Waals surface area (Å²) in [6.45, 7) is 2.49. The smallest absolute Gasteiger partial charge is 0.213 e. The van der Waals surface area contributed by atoms with Crippen molar-refractivity contribution in [2.24, 2.45) is 0 Å². The molecular weight excluding hydrogens is 244 g/mol. The summed E-state index contributed by atoms with van der Waals surface area (Å²) >= 11 is 3.27. The molecule has 74 valence electrons. The molecule has 1 rings (SSSR count). The van der Waals surface area contributed by atoms with Gasteiger partial charge in [0.25, 0.3) is 0 Å². The topological polar surface area (TPSA) is 45.9 Å². The summed E-state index contributed by atoms with van der Waals surface area (Å²) in [6.07, 6.45) is 0. The summed E-state index contributed by atoms with van der Waals surface area (Å²) in [6, 6.07) is 7.64. The van der Waals surface area contributed by atoms with E-state index in [4.69, 9.17) is 10.00 Å². The molecule has 0 radical (unpaired) electrons. The van der Waals surface area contributed by atoms with E-state index in [0.29, 0.717) is 17.8 Å². The number of nitriles is 1. The molecule has 3 nitrogen and oxygen atoms in total. The molecule has 1 aromatic rings. The molecule has 14 heavy (non-hydrogen) atoms. The summed E-state index contributed by atoms with van der Waals surface area (Å²) in [4.78, 5) is 4.23. The van der Waals surface area contributed by atoms with Gasteiger partial charge in [0.05, 0.1) is 24.3 Å². The van der Waals surface area contributed by atoms with E-state index in [0.717, 1.165) is 5.69 Å². The first-order valence-corrected chi connectivity index (χ1v) is 5.49. The van der Waals surface area contributed by atoms with Crippen LogP contribution in [0.15, 0.2) is 18.2 Å². The fraction of sp³-hybridized carbons (Fsp3) is 0.400. The maximum Gasteiger partial charge on any atom is 0.213 e. The zero-order chi connectivity index (χ0) is 10.4. The molecule has 0 aliphatic carbocycles. The van der Waals surface area contributed by atoms with Crippen molar-refractivity contribution in [1.82, 2.24) is 4.98 Å². The van der Waals surface area contributed by atoms with Gasteiger partial charge >= 0.3 is 0 Å². The van der Waals surface area contributed by atoms with Gasteiger partial charge in [0.2, 0.25) is 5.88 Å². The van der Waals surface area contributed by atoms with Crippen LogP contribution in [0, 0.1) is 11.3 Å². The lowest BCUT2D eigenvalue weighted by molar-refractivity contribution is 0.325. The van der Waals surface area contributed by atoms with Crippen molar-refractivity contribution in [2.75, 3.05) is 11.9 Å². The van der Waals surface area contributed by atoms with Gasteiger partial charge in [0, 0.05) is 11.4 Å². The molecule has 4 heteroatoms. The van der Waals surface area contributed by atoms with Crippen LogP contribution in [0.1, 0.15) is 18.5 Å². The normalized spacial score (nSPS) is 11.8. The number of rotatable bonds is 4. The highest BCUT2D eigenvalue weighted by atomic mass is 79.9. The number of hydrogen-bond acceptors (Lipinski definition) is 3. The summed E-state index contributed by atoms with van der Waals surface area (Å²) in [5.74, 6) is 0.363. The third-order valence-corrected chi connectivity index (χ3v) is 2.35. The molecule has 0 aromatic carbocycles. The highest BCUT2D eigenvalue weighted by Gasteiger charge is 2.10. The molecule has 0 amide bonds. The zero-order valence-corrected chi connectivity index (χ0v) is 9.49. The third kappa shape index (κ3) is 2.71. The van der Waals surface area contributed by atoms with Crippen molar-refractivity contribution >= 4 is 15.9 Å². The van der Waals surface area contributed by atoms with E-state index in [1.54, 1.807) is 6.07 Å². The molecule has 0 bridgehead atoms. The lowest BCUT2D eigenvalue weighted by Gasteiger charge is -2.06. The number of ether oxygens (including phenoxy) is 1. The van der Waals surface area contributed by atoms with E-state index in [-0.39, 0.29) is 5.92 Å². The number of hydrogen-bond donors (Lipinski definition) is 0. The van der Waals surface area contributed by atoms with Crippen LogP contribution in [0.25, 0.3) is 0 Å². The number of nitrogens with zero attached hydrogens (tertiary/aromatic N) is 2. The number of halogens is 1. The monoisotopic (exact) mass is 254 g/mol. The Labute approximate surface area is 91.8 Å². The van der Waals surface area contributed by atoms with Crippen molar-refractivity contribution in [1.29, 1.82) is 5.26 Å². The van der Waals surface area contributed by atoms with E-state index in [1.807, 2.05) is 19.1 Å². The van der Waals surface area contributed by atoms with Crippen LogP contribution in [0.4, 0.5) is 0 Å². The van der Waals surface area contributed by atoms with Gasteiger partial charge in [-0.15, -0.1) is 0 Å². The minimum Gasteiger partial charge on any atom is -0.478 e. The molecule has 1 atom stereocenters. The molecular formula is C10H11BrN2O. The Kier molecular flexibility index (Phi) is 4.41. The second kappa shape index (κ2) is 5.61. The van der Waals surface area contributed by atoms with E-state index in [2.05, 4.69) is 27.0 Å². The van der Waals surface area contributed by atoms with Crippen LogP contribution in [-0.4, -0.2) is 16.9 Å². The molecule has 1 heterocycles. The van der Waals surface area contributed by atoms with Gasteiger partial charge in [-0.2, -0.15) is 5.26 Å². The van der Waals surface area contributed by atoms with Gasteiger partial charge in [-0.1, -0.05) is 22.0 Å². The Morgan fingerprint density at radius 1 is 1.64 bits per heavy atom. The van der Waals surface area contributed by atoms with Crippen LogP contribution in [0.5, 0.6) is 5.88 Å². The first-order chi connectivity index (χ1) is 6.81. The van der Waals surface area contributed by atoms with Gasteiger partial charge < -0.3 is 4.74 Å². The quantitative estimate of drug-likeness (QED) is 0.776. The molecule has 0 N–H and O–H groups in total. The average molecular weight is 255 g/mol. The van der Waals surface area contributed by atoms with Gasteiger partial charge in [-0.05, 0) is 13.0 Å². The van der Waals surface area contributed by atoms with Crippen molar-refractivity contribution in [3.63, 3.8) is 0 Å². The van der Waals surface area contributed by atoms with Crippen molar-refractivity contribution < 1.29 is 4.74 Å². The molecule has 0 fully saturated rings. The zero-order valence-electron chi connectivity index (χ0n) is 7.90. The molecule has 1 aromatic heterocycles. The Hall–Kier alpha value is -1.08. The second-order valence-corrected chi connectivity index (χ2v) is 3.32. The third-order valence-electron chi connectivity index (χ3n) is 1.70. The Morgan fingerprint density at radius 3 is 3.00 bits per heavy atom. The van der Waals surface area contributed by atoms with E-state index in [1.165, 1.54) is 0 Å². The van der Waals surface area contributed by atoms with Gasteiger partial charge in [-0.3, -0.25) is 0 Å². The van der Waals surface area contributed by atoms with Crippen molar-refractivity contribution in [3.05, 3.63) is 23.9 Å². The summed E-state index contributed by atoms with van der Waals surface area (Å²) in [7, 11) is 0. The fourth-order valence-corrected chi connectivity index (χ4v) is 1.51. The van der Waals surface area contributed by atoms with Gasteiger partial charge in [-0.25, -0.2) is 4.98 Å². The van der Waals surface area contributed by atoms with Crippen molar-refractivity contribution in [3.8, 4) is 11.9 Å². The Balaban J connectivity index is 2.88. The van der Waals surface area contributed by atoms with Gasteiger partial charge in [0.15, 0.2) is 0 Å². The maximum atomic E-state index is 8.84. The predicted octanol–water partition coefficient (Wildman–Crippen LogP) is 2.48. The number of aromatic nitrogens is 1. The lowest BCUT2D eigenvalue weighted by Crippen LogP contribution is -2.02. The summed E-state index contributed by atoms with van der Waals surface area (Å²) < 4.78 is 5.25. The molecule has 1 unspecified atom stereocenters. The van der Waals surface area contributed by atoms with Crippen molar-refractivity contribution in [2.45, 2.75) is 12.8 Å². The number of pyridine rings is 1. The molecule has 0 saturated heterocycles. The Morgan fingerprint density at radius 2 is 2.43 bits per heavy atom. The second-order valence-electron chi connectivity index (χ2n) is 2.67. The van der Waals surface area contributed by atoms with Crippen LogP contribution >= 0.6 is 15.9 Å². The van der Waals surface area contributed by atoms with E-state index >= 15 is 0 Å². The van der Waals surface area contributed by atoms with Crippen LogP contribution < -0.4 is 4.74 Å².